The number of aromatic amines is 1. The van der Waals surface area contributed by atoms with E-state index in [1.807, 2.05) is 24.3 Å². The van der Waals surface area contributed by atoms with Crippen LogP contribution in [0, 0.1) is 0 Å². The van der Waals surface area contributed by atoms with Crippen molar-refractivity contribution < 1.29 is 9.26 Å². The van der Waals surface area contributed by atoms with Crippen molar-refractivity contribution in [3.8, 4) is 28.5 Å². The minimum Gasteiger partial charge on any atom is -0.496 e. The van der Waals surface area contributed by atoms with Gasteiger partial charge in [-0.15, -0.1) is 5.10 Å². The lowest BCUT2D eigenvalue weighted by atomic mass is 10.2. The second-order valence-electron chi connectivity index (χ2n) is 5.62. The Bertz CT molecular complexity index is 1120. The van der Waals surface area contributed by atoms with Crippen molar-refractivity contribution in [1.29, 1.82) is 0 Å². The maximum atomic E-state index is 6.08. The van der Waals surface area contributed by atoms with E-state index in [-0.39, 0.29) is 0 Å². The Kier molecular flexibility index (Phi) is 5.65. The molecule has 10 heteroatoms. The van der Waals surface area contributed by atoms with E-state index < -0.39 is 0 Å². The Morgan fingerprint density at radius 1 is 1.21 bits per heavy atom. The van der Waals surface area contributed by atoms with Crippen LogP contribution in [0.25, 0.3) is 22.8 Å². The SMILES string of the molecule is COc1ccc(Cl)cc1-c1nc(SCc2nc(-c3cccc(Br)c3)no2)n[nH]1. The molecule has 0 fully saturated rings. The number of H-pyrrole nitrogens is 1. The number of hydrogen-bond acceptors (Lipinski definition) is 7. The normalized spacial score (nSPS) is 11.0. The molecule has 0 radical (unpaired) electrons. The van der Waals surface area contributed by atoms with Crippen LogP contribution in [-0.2, 0) is 5.75 Å². The average Bonchev–Trinajstić information content (AvgIpc) is 3.36. The van der Waals surface area contributed by atoms with Gasteiger partial charge in [0.2, 0.25) is 16.9 Å². The maximum Gasteiger partial charge on any atom is 0.237 e. The van der Waals surface area contributed by atoms with Gasteiger partial charge in [0.25, 0.3) is 0 Å². The molecule has 0 saturated heterocycles. The van der Waals surface area contributed by atoms with E-state index >= 15 is 0 Å². The van der Waals surface area contributed by atoms with E-state index in [0.29, 0.717) is 39.2 Å². The maximum absolute atomic E-state index is 6.08. The molecule has 2 aromatic heterocycles. The van der Waals surface area contributed by atoms with E-state index in [4.69, 9.17) is 20.9 Å². The molecule has 0 aliphatic rings. The van der Waals surface area contributed by atoms with E-state index in [0.717, 1.165) is 15.6 Å². The zero-order valence-electron chi connectivity index (χ0n) is 14.5. The molecule has 0 atom stereocenters. The van der Waals surface area contributed by atoms with Crippen LogP contribution in [0.1, 0.15) is 5.89 Å². The highest BCUT2D eigenvalue weighted by molar-refractivity contribution is 9.10. The Morgan fingerprint density at radius 2 is 2.11 bits per heavy atom. The van der Waals surface area contributed by atoms with Crippen LogP contribution in [0.15, 0.2) is 56.6 Å². The van der Waals surface area contributed by atoms with Crippen LogP contribution >= 0.6 is 39.3 Å². The first-order valence-electron chi connectivity index (χ1n) is 8.10. The van der Waals surface area contributed by atoms with Gasteiger partial charge < -0.3 is 9.26 Å². The van der Waals surface area contributed by atoms with E-state index in [1.165, 1.54) is 11.8 Å². The van der Waals surface area contributed by atoms with Gasteiger partial charge in [0.05, 0.1) is 18.4 Å². The van der Waals surface area contributed by atoms with Gasteiger partial charge >= 0.3 is 0 Å². The Hall–Kier alpha value is -2.36. The number of hydrogen-bond donors (Lipinski definition) is 1. The molecule has 0 unspecified atom stereocenters. The van der Waals surface area contributed by atoms with Gasteiger partial charge in [-0.1, -0.05) is 56.6 Å². The van der Waals surface area contributed by atoms with Gasteiger partial charge in [-0.05, 0) is 30.3 Å². The summed E-state index contributed by atoms with van der Waals surface area (Å²) in [5.41, 5.74) is 1.62. The molecule has 2 aromatic carbocycles. The number of nitrogens with zero attached hydrogens (tertiary/aromatic N) is 4. The zero-order chi connectivity index (χ0) is 19.5. The van der Waals surface area contributed by atoms with Crippen LogP contribution in [-0.4, -0.2) is 32.4 Å². The lowest BCUT2D eigenvalue weighted by Gasteiger charge is -2.05. The monoisotopic (exact) mass is 477 g/mol. The Labute approximate surface area is 178 Å². The molecule has 2 heterocycles. The number of thioether (sulfide) groups is 1. The fourth-order valence-corrected chi connectivity index (χ4v) is 3.69. The Morgan fingerprint density at radius 3 is 2.93 bits per heavy atom. The minimum absolute atomic E-state index is 0.449. The van der Waals surface area contributed by atoms with Crippen LogP contribution in [0.5, 0.6) is 5.75 Å². The first-order chi connectivity index (χ1) is 13.6. The zero-order valence-corrected chi connectivity index (χ0v) is 17.7. The lowest BCUT2D eigenvalue weighted by molar-refractivity contribution is 0.391. The van der Waals surface area contributed by atoms with Gasteiger partial charge in [0.15, 0.2) is 5.82 Å². The van der Waals surface area contributed by atoms with Gasteiger partial charge in [0, 0.05) is 15.1 Å². The molecule has 0 spiro atoms. The molecule has 4 rings (SSSR count). The molecule has 142 valence electrons. The van der Waals surface area contributed by atoms with Gasteiger partial charge in [-0.25, -0.2) is 4.98 Å². The predicted molar refractivity (Wildman–Crippen MR) is 110 cm³/mol. The third kappa shape index (κ3) is 4.21. The molecular formula is C18H13BrClN5O2S. The van der Waals surface area contributed by atoms with Gasteiger partial charge in [0.1, 0.15) is 5.75 Å². The Balaban J connectivity index is 1.46. The highest BCUT2D eigenvalue weighted by atomic mass is 79.9. The quantitative estimate of drug-likeness (QED) is 0.379. The number of nitrogens with one attached hydrogen (secondary N) is 1. The largest absolute Gasteiger partial charge is 0.496 e. The number of aromatic nitrogens is 5. The number of rotatable bonds is 6. The third-order valence-electron chi connectivity index (χ3n) is 3.76. The number of halogens is 2. The second kappa shape index (κ2) is 8.34. The van der Waals surface area contributed by atoms with E-state index in [1.54, 1.807) is 25.3 Å². The summed E-state index contributed by atoms with van der Waals surface area (Å²) in [7, 11) is 1.59. The summed E-state index contributed by atoms with van der Waals surface area (Å²) in [6, 6.07) is 13.0. The fourth-order valence-electron chi connectivity index (χ4n) is 2.48. The highest BCUT2D eigenvalue weighted by Crippen LogP contribution is 2.31. The van der Waals surface area contributed by atoms with Crippen molar-refractivity contribution in [2.45, 2.75) is 10.9 Å². The molecule has 0 bridgehead atoms. The van der Waals surface area contributed by atoms with Crippen LogP contribution in [0.2, 0.25) is 5.02 Å². The molecule has 4 aromatic rings. The summed E-state index contributed by atoms with van der Waals surface area (Å²) in [5, 5.41) is 12.3. The van der Waals surface area contributed by atoms with Crippen molar-refractivity contribution >= 4 is 39.3 Å². The molecule has 1 N–H and O–H groups in total. The lowest BCUT2D eigenvalue weighted by Crippen LogP contribution is -1.89. The first-order valence-corrected chi connectivity index (χ1v) is 10.3. The topological polar surface area (TPSA) is 89.7 Å². The summed E-state index contributed by atoms with van der Waals surface area (Å²) in [4.78, 5) is 8.90. The highest BCUT2D eigenvalue weighted by Gasteiger charge is 2.14. The predicted octanol–water partition coefficient (Wildman–Crippen LogP) is 5.24. The van der Waals surface area contributed by atoms with Gasteiger partial charge in [-0.2, -0.15) is 4.98 Å². The number of benzene rings is 2. The molecule has 7 nitrogen and oxygen atoms in total. The molecule has 0 aliphatic heterocycles. The van der Waals surface area contributed by atoms with Crippen molar-refractivity contribution in [3.05, 3.63) is 57.9 Å². The first kappa shape index (κ1) is 19.0. The van der Waals surface area contributed by atoms with Crippen LogP contribution < -0.4 is 4.74 Å². The number of methoxy groups -OCH3 is 1. The molecular weight excluding hydrogens is 466 g/mol. The van der Waals surface area contributed by atoms with Crippen molar-refractivity contribution in [2.75, 3.05) is 7.11 Å². The molecule has 28 heavy (non-hydrogen) atoms. The molecule has 0 aliphatic carbocycles. The summed E-state index contributed by atoms with van der Waals surface area (Å²) in [6.07, 6.45) is 0. The summed E-state index contributed by atoms with van der Waals surface area (Å²) < 4.78 is 11.6. The number of ether oxygens (including phenoxy) is 1. The molecule has 0 amide bonds. The minimum atomic E-state index is 0.449. The summed E-state index contributed by atoms with van der Waals surface area (Å²) >= 11 is 10.9. The third-order valence-corrected chi connectivity index (χ3v) is 5.32. The summed E-state index contributed by atoms with van der Waals surface area (Å²) in [5.74, 6) is 2.71. The van der Waals surface area contributed by atoms with Crippen molar-refractivity contribution in [1.82, 2.24) is 25.3 Å². The average molecular weight is 479 g/mol. The second-order valence-corrected chi connectivity index (χ2v) is 7.92. The van der Waals surface area contributed by atoms with Crippen LogP contribution in [0.4, 0.5) is 0 Å². The van der Waals surface area contributed by atoms with Crippen molar-refractivity contribution in [3.63, 3.8) is 0 Å². The summed E-state index contributed by atoms with van der Waals surface area (Å²) in [6.45, 7) is 0. The van der Waals surface area contributed by atoms with E-state index in [9.17, 15) is 0 Å². The van der Waals surface area contributed by atoms with Gasteiger partial charge in [-0.3, -0.25) is 5.10 Å². The standard InChI is InChI=1S/C18H13BrClN5O2S/c1-26-14-6-5-12(20)8-13(14)17-22-18(24-23-17)28-9-15-21-16(25-27-15)10-3-2-4-11(19)7-10/h2-8H,9H2,1H3,(H,22,23,24). The fraction of sp³-hybridized carbons (Fsp3) is 0.111. The van der Waals surface area contributed by atoms with E-state index in [2.05, 4.69) is 41.3 Å². The van der Waals surface area contributed by atoms with Crippen LogP contribution in [0.3, 0.4) is 0 Å². The smallest absolute Gasteiger partial charge is 0.237 e. The molecule has 0 saturated carbocycles. The van der Waals surface area contributed by atoms with Crippen molar-refractivity contribution in [2.24, 2.45) is 0 Å².